The van der Waals surface area contributed by atoms with Gasteiger partial charge in [0.05, 0.1) is 29.6 Å². The minimum atomic E-state index is 0.455. The van der Waals surface area contributed by atoms with E-state index in [4.69, 9.17) is 14.7 Å². The highest BCUT2D eigenvalue weighted by Gasteiger charge is 2.29. The Balaban J connectivity index is 1.33. The lowest BCUT2D eigenvalue weighted by Crippen LogP contribution is -2.36. The van der Waals surface area contributed by atoms with Crippen LogP contribution in [0.5, 0.6) is 6.01 Å². The highest BCUT2D eigenvalue weighted by molar-refractivity contribution is 5.93. The maximum absolute atomic E-state index is 6.26. The minimum absolute atomic E-state index is 0.455. The summed E-state index contributed by atoms with van der Waals surface area (Å²) in [7, 11) is 2.19. The average molecular weight is 462 g/mol. The van der Waals surface area contributed by atoms with Crippen LogP contribution in [0.25, 0.3) is 10.9 Å². The Morgan fingerprint density at radius 3 is 2.74 bits per heavy atom. The fourth-order valence-electron chi connectivity index (χ4n) is 5.90. The molecule has 8 nitrogen and oxygen atoms in total. The number of rotatable bonds is 5. The summed E-state index contributed by atoms with van der Waals surface area (Å²) >= 11 is 0. The van der Waals surface area contributed by atoms with Crippen molar-refractivity contribution in [1.29, 1.82) is 0 Å². The number of nitrogens with zero attached hydrogens (tertiary/aromatic N) is 6. The third-order valence-electron chi connectivity index (χ3n) is 7.87. The maximum Gasteiger partial charge on any atom is 0.318 e. The molecule has 0 amide bonds. The zero-order chi connectivity index (χ0) is 23.1. The van der Waals surface area contributed by atoms with Gasteiger partial charge in [-0.3, -0.25) is 5.10 Å². The predicted molar refractivity (Wildman–Crippen MR) is 135 cm³/mol. The van der Waals surface area contributed by atoms with Crippen LogP contribution in [0.3, 0.4) is 0 Å². The predicted octanol–water partition coefficient (Wildman–Crippen LogP) is 3.69. The first-order valence-corrected chi connectivity index (χ1v) is 12.8. The van der Waals surface area contributed by atoms with Crippen molar-refractivity contribution >= 4 is 22.4 Å². The molecule has 180 valence electrons. The number of ether oxygens (including phenoxy) is 1. The number of likely N-dealkylation sites (tertiary alicyclic amines) is 1. The topological polar surface area (TPSA) is 73.4 Å². The van der Waals surface area contributed by atoms with Gasteiger partial charge in [-0.15, -0.1) is 0 Å². The van der Waals surface area contributed by atoms with Crippen molar-refractivity contribution in [2.24, 2.45) is 0 Å². The van der Waals surface area contributed by atoms with E-state index in [1.54, 1.807) is 0 Å². The third kappa shape index (κ3) is 3.98. The molecule has 1 aromatic carbocycles. The fraction of sp³-hybridized carbons (Fsp3) is 0.577. The number of likely N-dealkylation sites (N-methyl/N-ethyl adjacent to an activating group) is 1. The zero-order valence-corrected chi connectivity index (χ0v) is 20.4. The number of aromatic nitrogens is 4. The van der Waals surface area contributed by atoms with Gasteiger partial charge in [-0.05, 0) is 70.7 Å². The Hall–Kier alpha value is -2.87. The average Bonchev–Trinajstić information content (AvgIpc) is 3.51. The SMILES string of the molecule is Cc1ccc2[nH]ncc2c1N1CCc2c(nc(OCC3CCCN3C)nc2N2CCCCC2)C1. The minimum Gasteiger partial charge on any atom is -0.462 e. The van der Waals surface area contributed by atoms with Gasteiger partial charge in [-0.25, -0.2) is 0 Å². The van der Waals surface area contributed by atoms with Crippen LogP contribution in [0.2, 0.25) is 0 Å². The van der Waals surface area contributed by atoms with E-state index in [0.29, 0.717) is 18.7 Å². The molecule has 2 saturated heterocycles. The van der Waals surface area contributed by atoms with Crippen molar-refractivity contribution in [2.75, 3.05) is 49.6 Å². The Morgan fingerprint density at radius 2 is 1.91 bits per heavy atom. The van der Waals surface area contributed by atoms with Crippen molar-refractivity contribution in [2.45, 2.75) is 58.0 Å². The molecule has 1 N–H and O–H groups in total. The van der Waals surface area contributed by atoms with Crippen molar-refractivity contribution in [3.8, 4) is 6.01 Å². The Morgan fingerprint density at radius 1 is 1.03 bits per heavy atom. The van der Waals surface area contributed by atoms with E-state index >= 15 is 0 Å². The van der Waals surface area contributed by atoms with Gasteiger partial charge in [0, 0.05) is 36.6 Å². The zero-order valence-electron chi connectivity index (χ0n) is 20.4. The van der Waals surface area contributed by atoms with E-state index in [1.165, 1.54) is 54.3 Å². The molecule has 0 aliphatic carbocycles. The first-order valence-electron chi connectivity index (χ1n) is 12.8. The highest BCUT2D eigenvalue weighted by atomic mass is 16.5. The molecule has 1 atom stereocenters. The van der Waals surface area contributed by atoms with Gasteiger partial charge < -0.3 is 19.4 Å². The number of aryl methyl sites for hydroxylation is 1. The van der Waals surface area contributed by atoms with Crippen molar-refractivity contribution in [3.05, 3.63) is 35.2 Å². The van der Waals surface area contributed by atoms with Crippen LogP contribution in [-0.4, -0.2) is 70.9 Å². The van der Waals surface area contributed by atoms with Crippen LogP contribution >= 0.6 is 0 Å². The van der Waals surface area contributed by atoms with Crippen LogP contribution in [-0.2, 0) is 13.0 Å². The van der Waals surface area contributed by atoms with Gasteiger partial charge in [0.1, 0.15) is 12.4 Å². The third-order valence-corrected chi connectivity index (χ3v) is 7.87. The van der Waals surface area contributed by atoms with Gasteiger partial charge in [-0.1, -0.05) is 6.07 Å². The van der Waals surface area contributed by atoms with E-state index in [2.05, 4.69) is 51.0 Å². The Bertz CT molecular complexity index is 1170. The van der Waals surface area contributed by atoms with E-state index in [0.717, 1.165) is 56.2 Å². The summed E-state index contributed by atoms with van der Waals surface area (Å²) < 4.78 is 6.26. The number of hydrogen-bond donors (Lipinski definition) is 1. The number of H-pyrrole nitrogens is 1. The Kier molecular flexibility index (Phi) is 5.77. The number of fused-ring (bicyclic) bond motifs is 2. The van der Waals surface area contributed by atoms with Crippen molar-refractivity contribution < 1.29 is 4.74 Å². The first-order chi connectivity index (χ1) is 16.7. The molecule has 2 aromatic heterocycles. The second-order valence-electron chi connectivity index (χ2n) is 10.1. The van der Waals surface area contributed by atoms with Crippen molar-refractivity contribution in [3.63, 3.8) is 0 Å². The molecule has 3 aliphatic heterocycles. The first kappa shape index (κ1) is 21.6. The van der Waals surface area contributed by atoms with Crippen molar-refractivity contribution in [1.82, 2.24) is 25.1 Å². The highest BCUT2D eigenvalue weighted by Crippen LogP contribution is 2.36. The summed E-state index contributed by atoms with van der Waals surface area (Å²) in [4.78, 5) is 17.3. The van der Waals surface area contributed by atoms with E-state index in [1.807, 2.05) is 6.20 Å². The number of anilines is 2. The summed E-state index contributed by atoms with van der Waals surface area (Å²) in [6.45, 7) is 7.86. The molecule has 3 aliphatic rings. The van der Waals surface area contributed by atoms with Gasteiger partial charge >= 0.3 is 6.01 Å². The molecular formula is C26H35N7O. The standard InChI is InChI=1S/C26H35N7O/c1-18-8-9-22-21(15-27-30-22)24(18)33-14-10-20-23(16-33)28-26(34-17-19-7-6-11-31(19)2)29-25(20)32-12-4-3-5-13-32/h8-9,15,19H,3-7,10-14,16-17H2,1-2H3,(H,27,30). The van der Waals surface area contributed by atoms with Crippen LogP contribution in [0.15, 0.2) is 18.3 Å². The lowest BCUT2D eigenvalue weighted by atomic mass is 10.0. The quantitative estimate of drug-likeness (QED) is 0.621. The number of hydrogen-bond acceptors (Lipinski definition) is 7. The van der Waals surface area contributed by atoms with Gasteiger partial charge in [0.2, 0.25) is 0 Å². The molecule has 3 aromatic rings. The van der Waals surface area contributed by atoms with Crippen LogP contribution in [0.1, 0.15) is 48.9 Å². The molecule has 1 unspecified atom stereocenters. The Labute approximate surface area is 201 Å². The number of benzene rings is 1. The van der Waals surface area contributed by atoms with Gasteiger partial charge in [-0.2, -0.15) is 15.1 Å². The summed E-state index contributed by atoms with van der Waals surface area (Å²) in [5.41, 5.74) is 6.01. The van der Waals surface area contributed by atoms with Gasteiger partial charge in [0.25, 0.3) is 0 Å². The largest absolute Gasteiger partial charge is 0.462 e. The number of piperidine rings is 1. The molecule has 8 heteroatoms. The normalized spacial score (nSPS) is 21.3. The van der Waals surface area contributed by atoms with E-state index in [9.17, 15) is 0 Å². The smallest absolute Gasteiger partial charge is 0.318 e. The van der Waals surface area contributed by atoms with E-state index in [-0.39, 0.29) is 0 Å². The maximum atomic E-state index is 6.26. The molecule has 34 heavy (non-hydrogen) atoms. The second-order valence-corrected chi connectivity index (χ2v) is 10.1. The lowest BCUT2D eigenvalue weighted by Gasteiger charge is -2.35. The molecular weight excluding hydrogens is 426 g/mol. The second kappa shape index (κ2) is 9.06. The summed E-state index contributed by atoms with van der Waals surface area (Å²) in [5.74, 6) is 1.11. The molecule has 0 spiro atoms. The molecule has 0 bridgehead atoms. The van der Waals surface area contributed by atoms with Crippen LogP contribution < -0.4 is 14.5 Å². The van der Waals surface area contributed by atoms with Gasteiger partial charge in [0.15, 0.2) is 0 Å². The van der Waals surface area contributed by atoms with E-state index < -0.39 is 0 Å². The lowest BCUT2D eigenvalue weighted by molar-refractivity contribution is 0.187. The monoisotopic (exact) mass is 461 g/mol. The molecule has 5 heterocycles. The molecule has 0 radical (unpaired) electrons. The summed E-state index contributed by atoms with van der Waals surface area (Å²) in [6.07, 6.45) is 9.08. The molecule has 2 fully saturated rings. The fourth-order valence-corrected chi connectivity index (χ4v) is 5.90. The molecule has 0 saturated carbocycles. The van der Waals surface area contributed by atoms with Crippen LogP contribution in [0, 0.1) is 6.92 Å². The molecule has 6 rings (SSSR count). The van der Waals surface area contributed by atoms with Crippen LogP contribution in [0.4, 0.5) is 11.5 Å². The number of aromatic amines is 1. The number of nitrogens with one attached hydrogen (secondary N) is 1. The summed E-state index contributed by atoms with van der Waals surface area (Å²) in [6, 6.07) is 5.29. The summed E-state index contributed by atoms with van der Waals surface area (Å²) in [5, 5.41) is 8.59.